The lowest BCUT2D eigenvalue weighted by molar-refractivity contribution is -0.122. The molecule has 2 N–H and O–H groups in total. The largest absolute Gasteiger partial charge is 0.389 e. The highest BCUT2D eigenvalue weighted by atomic mass is 16.3. The first-order chi connectivity index (χ1) is 9.18. The molecule has 0 aromatic heterocycles. The minimum absolute atomic E-state index is 0.107. The van der Waals surface area contributed by atoms with Crippen LogP contribution < -0.4 is 10.2 Å². The van der Waals surface area contributed by atoms with Crippen LogP contribution in [0, 0.1) is 5.92 Å². The van der Waals surface area contributed by atoms with Gasteiger partial charge < -0.3 is 15.3 Å². The van der Waals surface area contributed by atoms with Gasteiger partial charge in [0.05, 0.1) is 18.1 Å². The van der Waals surface area contributed by atoms with Crippen LogP contribution in [0.1, 0.15) is 31.4 Å². The van der Waals surface area contributed by atoms with Gasteiger partial charge in [-0.3, -0.25) is 4.79 Å². The maximum Gasteiger partial charge on any atom is 0.225 e. The molecular weight excluding hydrogens is 240 g/mol. The average molecular weight is 260 g/mol. The highest BCUT2D eigenvalue weighted by Crippen LogP contribution is 2.35. The monoisotopic (exact) mass is 260 g/mol. The number of nitrogens with zero attached hydrogens (tertiary/aromatic N) is 1. The zero-order chi connectivity index (χ0) is 13.4. The molecule has 2 unspecified atom stereocenters. The Balaban J connectivity index is 1.95. The third-order valence-corrected chi connectivity index (χ3v) is 4.30. The number of aliphatic hydroxyl groups excluding tert-OH is 1. The van der Waals surface area contributed by atoms with Gasteiger partial charge in [0.1, 0.15) is 0 Å². The van der Waals surface area contributed by atoms with E-state index in [2.05, 4.69) is 10.2 Å². The number of carbonyl (C=O) groups excluding carboxylic acids is 1. The summed E-state index contributed by atoms with van der Waals surface area (Å²) < 4.78 is 0. The van der Waals surface area contributed by atoms with Gasteiger partial charge >= 0.3 is 0 Å². The van der Waals surface area contributed by atoms with Crippen LogP contribution in [-0.2, 0) is 4.79 Å². The molecule has 2 heterocycles. The van der Waals surface area contributed by atoms with Crippen molar-refractivity contribution in [2.45, 2.75) is 31.9 Å². The molecular formula is C15H20N2O2. The third-order valence-electron chi connectivity index (χ3n) is 4.30. The normalized spacial score (nSPS) is 27.9. The molecule has 4 heteroatoms. The van der Waals surface area contributed by atoms with Crippen molar-refractivity contribution in [3.05, 3.63) is 29.8 Å². The highest BCUT2D eigenvalue weighted by Gasteiger charge is 2.41. The molecule has 2 aliphatic heterocycles. The van der Waals surface area contributed by atoms with Crippen molar-refractivity contribution in [3.8, 4) is 0 Å². The van der Waals surface area contributed by atoms with E-state index >= 15 is 0 Å². The number of fused-ring (bicyclic) bond motifs is 1. The number of hydrogen-bond acceptors (Lipinski definition) is 3. The van der Waals surface area contributed by atoms with E-state index in [0.717, 1.165) is 37.2 Å². The minimum atomic E-state index is -0.485. The van der Waals surface area contributed by atoms with Crippen molar-refractivity contribution < 1.29 is 9.90 Å². The molecule has 2 saturated heterocycles. The number of para-hydroxylation sites is 1. The van der Waals surface area contributed by atoms with E-state index < -0.39 is 6.10 Å². The summed E-state index contributed by atoms with van der Waals surface area (Å²) >= 11 is 0. The van der Waals surface area contributed by atoms with Crippen LogP contribution >= 0.6 is 0 Å². The van der Waals surface area contributed by atoms with Gasteiger partial charge in [0, 0.05) is 24.3 Å². The molecule has 1 aromatic rings. The maximum atomic E-state index is 11.8. The Bertz CT molecular complexity index is 487. The number of nitrogens with one attached hydrogen (secondary N) is 1. The molecule has 3 atom stereocenters. The van der Waals surface area contributed by atoms with E-state index in [1.807, 2.05) is 24.3 Å². The lowest BCUT2D eigenvalue weighted by atomic mass is 9.90. The average Bonchev–Trinajstić information content (AvgIpc) is 2.81. The lowest BCUT2D eigenvalue weighted by Crippen LogP contribution is -2.46. The predicted octanol–water partition coefficient (Wildman–Crippen LogP) is 1.45. The van der Waals surface area contributed by atoms with Crippen LogP contribution in [0.5, 0.6) is 0 Å². The summed E-state index contributed by atoms with van der Waals surface area (Å²) in [7, 11) is 0. The topological polar surface area (TPSA) is 52.6 Å². The van der Waals surface area contributed by atoms with Crippen molar-refractivity contribution in [1.82, 2.24) is 5.32 Å². The zero-order valence-electron chi connectivity index (χ0n) is 11.2. The molecule has 0 bridgehead atoms. The van der Waals surface area contributed by atoms with Gasteiger partial charge in [-0.25, -0.2) is 0 Å². The lowest BCUT2D eigenvalue weighted by Gasteiger charge is -2.39. The first-order valence-electron chi connectivity index (χ1n) is 7.00. The molecule has 102 valence electrons. The molecule has 1 aromatic carbocycles. The first-order valence-corrected chi connectivity index (χ1v) is 7.00. The van der Waals surface area contributed by atoms with Gasteiger partial charge in [-0.2, -0.15) is 0 Å². The molecule has 4 nitrogen and oxygen atoms in total. The number of anilines is 1. The number of hydrogen-bond donors (Lipinski definition) is 2. The summed E-state index contributed by atoms with van der Waals surface area (Å²) in [5.41, 5.74) is 2.02. The van der Waals surface area contributed by atoms with E-state index in [4.69, 9.17) is 0 Å². The quantitative estimate of drug-likeness (QED) is 0.846. The fraction of sp³-hybridized carbons (Fsp3) is 0.533. The van der Waals surface area contributed by atoms with Crippen LogP contribution in [0.2, 0.25) is 0 Å². The van der Waals surface area contributed by atoms with Crippen LogP contribution in [0.25, 0.3) is 0 Å². The smallest absolute Gasteiger partial charge is 0.225 e. The minimum Gasteiger partial charge on any atom is -0.389 e. The molecule has 0 radical (unpaired) electrons. The fourth-order valence-electron chi connectivity index (χ4n) is 3.35. The summed E-state index contributed by atoms with van der Waals surface area (Å²) in [5, 5.41) is 12.9. The van der Waals surface area contributed by atoms with Crippen LogP contribution in [0.3, 0.4) is 0 Å². The second-order valence-corrected chi connectivity index (χ2v) is 5.49. The van der Waals surface area contributed by atoms with E-state index in [9.17, 15) is 9.90 Å². The number of rotatable bonds is 2. The number of piperidine rings is 1. The van der Waals surface area contributed by atoms with Crippen molar-refractivity contribution in [3.63, 3.8) is 0 Å². The molecule has 0 saturated carbocycles. The van der Waals surface area contributed by atoms with Crippen molar-refractivity contribution in [1.29, 1.82) is 0 Å². The molecule has 1 amide bonds. The summed E-state index contributed by atoms with van der Waals surface area (Å²) in [4.78, 5) is 14.1. The first kappa shape index (κ1) is 12.5. The fourth-order valence-corrected chi connectivity index (χ4v) is 3.35. The summed E-state index contributed by atoms with van der Waals surface area (Å²) in [5.74, 6) is 0.292. The number of amides is 1. The van der Waals surface area contributed by atoms with Crippen LogP contribution in [-0.4, -0.2) is 30.1 Å². The van der Waals surface area contributed by atoms with Crippen molar-refractivity contribution in [2.75, 3.05) is 18.0 Å². The number of carbonyl (C=O) groups is 1. The van der Waals surface area contributed by atoms with Gasteiger partial charge in [0.2, 0.25) is 5.91 Å². The summed E-state index contributed by atoms with van der Waals surface area (Å²) in [6.07, 6.45) is 1.52. The highest BCUT2D eigenvalue weighted by molar-refractivity contribution is 5.83. The Hall–Kier alpha value is -1.55. The molecule has 3 rings (SSSR count). The Kier molecular flexibility index (Phi) is 3.19. The van der Waals surface area contributed by atoms with Gasteiger partial charge in [-0.1, -0.05) is 18.2 Å². The standard InChI is InChI=1S/C15H20N2O2/c1-10(18)11-5-2-3-7-13(11)17-8-4-6-12-14(17)9-16-15(12)19/h2-3,5,7,10,12,14,18H,4,6,8-9H2,1H3,(H,16,19)/t10-,12?,14?/m1/s1. The van der Waals surface area contributed by atoms with Gasteiger partial charge in [-0.15, -0.1) is 0 Å². The van der Waals surface area contributed by atoms with Crippen molar-refractivity contribution in [2.24, 2.45) is 5.92 Å². The summed E-state index contributed by atoms with van der Waals surface area (Å²) in [6.45, 7) is 3.47. The van der Waals surface area contributed by atoms with E-state index in [1.165, 1.54) is 0 Å². The van der Waals surface area contributed by atoms with Gasteiger partial charge in [0.15, 0.2) is 0 Å². The second-order valence-electron chi connectivity index (χ2n) is 5.49. The third kappa shape index (κ3) is 2.10. The van der Waals surface area contributed by atoms with E-state index in [0.29, 0.717) is 0 Å². The van der Waals surface area contributed by atoms with Crippen LogP contribution in [0.4, 0.5) is 5.69 Å². The van der Waals surface area contributed by atoms with Crippen LogP contribution in [0.15, 0.2) is 24.3 Å². The van der Waals surface area contributed by atoms with Crippen molar-refractivity contribution >= 4 is 11.6 Å². The molecule has 2 fully saturated rings. The summed E-state index contributed by atoms with van der Waals surface area (Å²) in [6, 6.07) is 8.20. The van der Waals surface area contributed by atoms with E-state index in [1.54, 1.807) is 6.92 Å². The van der Waals surface area contributed by atoms with Gasteiger partial charge in [-0.05, 0) is 25.8 Å². The Morgan fingerprint density at radius 3 is 3.00 bits per heavy atom. The molecule has 19 heavy (non-hydrogen) atoms. The molecule has 0 aliphatic carbocycles. The maximum absolute atomic E-state index is 11.8. The van der Waals surface area contributed by atoms with E-state index in [-0.39, 0.29) is 17.9 Å². The second kappa shape index (κ2) is 4.85. The Morgan fingerprint density at radius 1 is 1.42 bits per heavy atom. The predicted molar refractivity (Wildman–Crippen MR) is 73.9 cm³/mol. The number of benzene rings is 1. The molecule has 0 spiro atoms. The molecule has 2 aliphatic rings. The van der Waals surface area contributed by atoms with Gasteiger partial charge in [0.25, 0.3) is 0 Å². The Labute approximate surface area is 113 Å². The Morgan fingerprint density at radius 2 is 2.21 bits per heavy atom. The zero-order valence-corrected chi connectivity index (χ0v) is 11.2. The number of aliphatic hydroxyl groups is 1. The SMILES string of the molecule is C[C@@H](O)c1ccccc1N1CCCC2C(=O)NCC21.